The molecule has 2 aromatic heterocycles. The molecule has 0 aliphatic carbocycles. The number of aromatic nitrogens is 1. The first kappa shape index (κ1) is 17.5. The number of fused-ring (bicyclic) bond motifs is 1. The van der Waals surface area contributed by atoms with Gasteiger partial charge in [-0.25, -0.2) is 0 Å². The molecular formula is C21H15ClN2O2S. The minimum Gasteiger partial charge on any atom is -0.330 e. The summed E-state index contributed by atoms with van der Waals surface area (Å²) in [5, 5.41) is 5.78. The first-order chi connectivity index (χ1) is 13.1. The number of rotatable bonds is 3. The van der Waals surface area contributed by atoms with Crippen LogP contribution in [0.25, 0.3) is 22.0 Å². The molecule has 0 spiro atoms. The molecule has 0 saturated carbocycles. The fourth-order valence-corrected chi connectivity index (χ4v) is 3.97. The van der Waals surface area contributed by atoms with E-state index in [0.29, 0.717) is 32.2 Å². The van der Waals surface area contributed by atoms with Crippen LogP contribution < -0.4 is 10.7 Å². The summed E-state index contributed by atoms with van der Waals surface area (Å²) in [4.78, 5) is 26.6. The summed E-state index contributed by atoms with van der Waals surface area (Å²) in [6, 6.07) is 18.0. The fourth-order valence-electron chi connectivity index (χ4n) is 3.13. The van der Waals surface area contributed by atoms with Crippen LogP contribution in [0.15, 0.2) is 70.8 Å². The van der Waals surface area contributed by atoms with E-state index in [4.69, 9.17) is 11.6 Å². The lowest BCUT2D eigenvalue weighted by Gasteiger charge is -2.18. The standard InChI is InChI=1S/C21H15ClN2O2S/c1-24-16-10-5-3-8-14(16)19(25)18(13-7-2-4-9-15(13)22)20(24)23-21(26)17-11-6-12-27-17/h2-12H,1H3,(H,23,26). The Morgan fingerprint density at radius 2 is 1.78 bits per heavy atom. The summed E-state index contributed by atoms with van der Waals surface area (Å²) in [5.41, 5.74) is 1.54. The van der Waals surface area contributed by atoms with Gasteiger partial charge in [-0.1, -0.05) is 48.0 Å². The SMILES string of the molecule is Cn1c(NC(=O)c2cccs2)c(-c2ccccc2Cl)c(=O)c2ccccc21. The second kappa shape index (κ2) is 7.02. The van der Waals surface area contributed by atoms with E-state index in [1.54, 1.807) is 30.3 Å². The second-order valence-corrected chi connectivity index (χ2v) is 7.40. The van der Waals surface area contributed by atoms with Crippen LogP contribution in [0.5, 0.6) is 0 Å². The molecule has 0 saturated heterocycles. The van der Waals surface area contributed by atoms with Gasteiger partial charge in [0.25, 0.3) is 5.91 Å². The summed E-state index contributed by atoms with van der Waals surface area (Å²) in [5.74, 6) is 0.161. The Morgan fingerprint density at radius 1 is 1.04 bits per heavy atom. The van der Waals surface area contributed by atoms with Crippen molar-refractivity contribution in [3.63, 3.8) is 0 Å². The number of hydrogen-bond donors (Lipinski definition) is 1. The van der Waals surface area contributed by atoms with Crippen LogP contribution in [-0.4, -0.2) is 10.5 Å². The van der Waals surface area contributed by atoms with Crippen LogP contribution in [0.1, 0.15) is 9.67 Å². The van der Waals surface area contributed by atoms with Crippen LogP contribution >= 0.6 is 22.9 Å². The molecule has 27 heavy (non-hydrogen) atoms. The summed E-state index contributed by atoms with van der Waals surface area (Å²) in [6.07, 6.45) is 0. The van der Waals surface area contributed by atoms with Gasteiger partial charge in [-0.2, -0.15) is 0 Å². The van der Waals surface area contributed by atoms with Gasteiger partial charge in [-0.3, -0.25) is 9.59 Å². The Hall–Kier alpha value is -2.89. The van der Waals surface area contributed by atoms with E-state index in [1.807, 2.05) is 47.3 Å². The van der Waals surface area contributed by atoms with Gasteiger partial charge in [0.05, 0.1) is 16.0 Å². The molecule has 6 heteroatoms. The summed E-state index contributed by atoms with van der Waals surface area (Å²) in [7, 11) is 1.83. The number of anilines is 1. The van der Waals surface area contributed by atoms with Crippen molar-refractivity contribution in [2.45, 2.75) is 0 Å². The van der Waals surface area contributed by atoms with E-state index < -0.39 is 0 Å². The minimum absolute atomic E-state index is 0.168. The first-order valence-corrected chi connectivity index (χ1v) is 9.55. The zero-order valence-electron chi connectivity index (χ0n) is 14.4. The van der Waals surface area contributed by atoms with Gasteiger partial charge in [-0.15, -0.1) is 11.3 Å². The summed E-state index contributed by atoms with van der Waals surface area (Å²) >= 11 is 7.73. The van der Waals surface area contributed by atoms with Crippen molar-refractivity contribution >= 4 is 45.6 Å². The molecule has 0 fully saturated rings. The molecule has 0 bridgehead atoms. The molecule has 0 atom stereocenters. The lowest BCUT2D eigenvalue weighted by molar-refractivity contribution is 0.103. The lowest BCUT2D eigenvalue weighted by atomic mass is 10.0. The molecule has 2 heterocycles. The molecule has 134 valence electrons. The lowest BCUT2D eigenvalue weighted by Crippen LogP contribution is -2.21. The Labute approximate surface area is 164 Å². The zero-order chi connectivity index (χ0) is 19.0. The van der Waals surface area contributed by atoms with Crippen molar-refractivity contribution in [3.8, 4) is 11.1 Å². The number of thiophene rings is 1. The molecule has 4 rings (SSSR count). The molecule has 1 amide bonds. The Kier molecular flexibility index (Phi) is 4.56. The zero-order valence-corrected chi connectivity index (χ0v) is 16.0. The topological polar surface area (TPSA) is 51.1 Å². The van der Waals surface area contributed by atoms with E-state index in [0.717, 1.165) is 5.52 Å². The average Bonchev–Trinajstić information content (AvgIpc) is 3.22. The number of aryl methyl sites for hydroxylation is 1. The monoisotopic (exact) mass is 394 g/mol. The maximum Gasteiger partial charge on any atom is 0.266 e. The smallest absolute Gasteiger partial charge is 0.266 e. The summed E-state index contributed by atoms with van der Waals surface area (Å²) in [6.45, 7) is 0. The Morgan fingerprint density at radius 3 is 2.52 bits per heavy atom. The van der Waals surface area contributed by atoms with Gasteiger partial charge in [0.2, 0.25) is 0 Å². The number of carbonyl (C=O) groups is 1. The van der Waals surface area contributed by atoms with Crippen molar-refractivity contribution in [3.05, 3.63) is 86.2 Å². The van der Waals surface area contributed by atoms with E-state index in [9.17, 15) is 9.59 Å². The predicted molar refractivity (Wildman–Crippen MR) is 112 cm³/mol. The van der Waals surface area contributed by atoms with E-state index >= 15 is 0 Å². The third kappa shape index (κ3) is 3.05. The number of para-hydroxylation sites is 1. The largest absolute Gasteiger partial charge is 0.330 e. The van der Waals surface area contributed by atoms with Gasteiger partial charge < -0.3 is 9.88 Å². The van der Waals surface area contributed by atoms with E-state index in [2.05, 4.69) is 5.32 Å². The van der Waals surface area contributed by atoms with Gasteiger partial charge >= 0.3 is 0 Å². The van der Waals surface area contributed by atoms with E-state index in [1.165, 1.54) is 11.3 Å². The van der Waals surface area contributed by atoms with Gasteiger partial charge in [0.15, 0.2) is 5.43 Å². The molecule has 0 unspecified atom stereocenters. The summed E-state index contributed by atoms with van der Waals surface area (Å²) < 4.78 is 1.82. The number of benzene rings is 2. The highest BCUT2D eigenvalue weighted by Gasteiger charge is 2.21. The highest BCUT2D eigenvalue weighted by molar-refractivity contribution is 7.12. The second-order valence-electron chi connectivity index (χ2n) is 6.04. The maximum absolute atomic E-state index is 13.3. The minimum atomic E-state index is -0.261. The first-order valence-electron chi connectivity index (χ1n) is 8.29. The molecule has 4 nitrogen and oxygen atoms in total. The van der Waals surface area contributed by atoms with E-state index in [-0.39, 0.29) is 11.3 Å². The molecular weight excluding hydrogens is 380 g/mol. The number of nitrogens with one attached hydrogen (secondary N) is 1. The average molecular weight is 395 g/mol. The number of carbonyl (C=O) groups excluding carboxylic acids is 1. The maximum atomic E-state index is 13.3. The van der Waals surface area contributed by atoms with Crippen LogP contribution in [0, 0.1) is 0 Å². The molecule has 1 N–H and O–H groups in total. The van der Waals surface area contributed by atoms with Crippen molar-refractivity contribution < 1.29 is 4.79 Å². The highest BCUT2D eigenvalue weighted by atomic mass is 35.5. The van der Waals surface area contributed by atoms with Gasteiger partial charge in [0.1, 0.15) is 5.82 Å². The van der Waals surface area contributed by atoms with Crippen LogP contribution in [-0.2, 0) is 7.05 Å². The number of halogens is 1. The molecule has 4 aromatic rings. The Balaban J connectivity index is 2.02. The normalized spacial score (nSPS) is 10.9. The third-order valence-corrected chi connectivity index (χ3v) is 5.63. The highest BCUT2D eigenvalue weighted by Crippen LogP contribution is 2.33. The van der Waals surface area contributed by atoms with Crippen molar-refractivity contribution in [1.82, 2.24) is 4.57 Å². The quantitative estimate of drug-likeness (QED) is 0.521. The van der Waals surface area contributed by atoms with Crippen molar-refractivity contribution in [1.29, 1.82) is 0 Å². The third-order valence-electron chi connectivity index (χ3n) is 4.43. The molecule has 0 aliphatic rings. The Bertz CT molecular complexity index is 1210. The number of amides is 1. The van der Waals surface area contributed by atoms with Crippen LogP contribution in [0.4, 0.5) is 5.82 Å². The van der Waals surface area contributed by atoms with Crippen molar-refractivity contribution in [2.75, 3.05) is 5.32 Å². The fraction of sp³-hybridized carbons (Fsp3) is 0.0476. The molecule has 0 aliphatic heterocycles. The van der Waals surface area contributed by atoms with Crippen molar-refractivity contribution in [2.24, 2.45) is 7.05 Å². The number of hydrogen-bond acceptors (Lipinski definition) is 3. The molecule has 2 aromatic carbocycles. The van der Waals surface area contributed by atoms with Gasteiger partial charge in [0, 0.05) is 23.0 Å². The predicted octanol–water partition coefficient (Wildman–Crippen LogP) is 5.17. The van der Waals surface area contributed by atoms with Crippen LogP contribution in [0.3, 0.4) is 0 Å². The number of pyridine rings is 1. The number of nitrogens with zero attached hydrogens (tertiary/aromatic N) is 1. The van der Waals surface area contributed by atoms with Crippen LogP contribution in [0.2, 0.25) is 5.02 Å². The van der Waals surface area contributed by atoms with Gasteiger partial charge in [-0.05, 0) is 29.6 Å². The molecule has 0 radical (unpaired) electrons.